The molecule has 1 aliphatic heterocycles. The molecule has 2 heterocycles. The summed E-state index contributed by atoms with van der Waals surface area (Å²) in [7, 11) is 0. The zero-order valence-corrected chi connectivity index (χ0v) is 15.6. The first-order valence-electron chi connectivity index (χ1n) is 9.35. The Balaban J connectivity index is 1.78. The maximum Gasteiger partial charge on any atom is 0.253 e. The van der Waals surface area contributed by atoms with E-state index in [0.29, 0.717) is 18.9 Å². The van der Waals surface area contributed by atoms with Crippen LogP contribution in [0.25, 0.3) is 11.4 Å². The van der Waals surface area contributed by atoms with Crippen molar-refractivity contribution < 1.29 is 13.9 Å². The Hall–Kier alpha value is -2.54. The quantitative estimate of drug-likeness (QED) is 0.594. The SMILES string of the molecule is C=CCCOC(C)C(=O)Nc1cc(-c2nnc3n2CCCCC3)ccc1F. The van der Waals surface area contributed by atoms with Gasteiger partial charge in [0.05, 0.1) is 12.3 Å². The first-order valence-corrected chi connectivity index (χ1v) is 9.35. The van der Waals surface area contributed by atoms with Crippen LogP contribution in [0.15, 0.2) is 30.9 Å². The largest absolute Gasteiger partial charge is 0.368 e. The third-order valence-corrected chi connectivity index (χ3v) is 4.65. The van der Waals surface area contributed by atoms with Crippen molar-refractivity contribution in [1.29, 1.82) is 0 Å². The number of carbonyl (C=O) groups is 1. The molecule has 0 fully saturated rings. The number of halogens is 1. The van der Waals surface area contributed by atoms with Gasteiger partial charge in [0.2, 0.25) is 0 Å². The van der Waals surface area contributed by atoms with Gasteiger partial charge in [0.25, 0.3) is 5.91 Å². The van der Waals surface area contributed by atoms with E-state index < -0.39 is 17.8 Å². The maximum absolute atomic E-state index is 14.2. The van der Waals surface area contributed by atoms with Crippen LogP contribution in [0.4, 0.5) is 10.1 Å². The molecule has 1 aromatic carbocycles. The van der Waals surface area contributed by atoms with Crippen LogP contribution in [0.2, 0.25) is 0 Å². The van der Waals surface area contributed by atoms with Gasteiger partial charge in [-0.15, -0.1) is 16.8 Å². The first-order chi connectivity index (χ1) is 13.1. The van der Waals surface area contributed by atoms with Gasteiger partial charge in [-0.3, -0.25) is 4.79 Å². The molecule has 7 heteroatoms. The third kappa shape index (κ3) is 4.60. The summed E-state index contributed by atoms with van der Waals surface area (Å²) in [6, 6.07) is 4.61. The molecule has 1 aromatic heterocycles. The molecule has 1 N–H and O–H groups in total. The minimum absolute atomic E-state index is 0.114. The van der Waals surface area contributed by atoms with Crippen LogP contribution >= 0.6 is 0 Å². The van der Waals surface area contributed by atoms with Crippen LogP contribution in [0.3, 0.4) is 0 Å². The van der Waals surface area contributed by atoms with Crippen LogP contribution < -0.4 is 5.32 Å². The van der Waals surface area contributed by atoms with Gasteiger partial charge in [0, 0.05) is 18.5 Å². The minimum atomic E-state index is -0.683. The van der Waals surface area contributed by atoms with Crippen molar-refractivity contribution in [2.75, 3.05) is 11.9 Å². The molecule has 27 heavy (non-hydrogen) atoms. The molecule has 144 valence electrons. The lowest BCUT2D eigenvalue weighted by molar-refractivity contribution is -0.126. The van der Waals surface area contributed by atoms with Gasteiger partial charge in [0.15, 0.2) is 5.82 Å². The lowest BCUT2D eigenvalue weighted by Crippen LogP contribution is -2.28. The van der Waals surface area contributed by atoms with E-state index in [1.165, 1.54) is 6.07 Å². The van der Waals surface area contributed by atoms with Crippen molar-refractivity contribution in [2.45, 2.75) is 51.7 Å². The number of ether oxygens (including phenoxy) is 1. The van der Waals surface area contributed by atoms with Crippen molar-refractivity contribution in [1.82, 2.24) is 14.8 Å². The Labute approximate surface area is 158 Å². The number of hydrogen-bond donors (Lipinski definition) is 1. The van der Waals surface area contributed by atoms with E-state index in [2.05, 4.69) is 26.7 Å². The fourth-order valence-corrected chi connectivity index (χ4v) is 3.10. The number of fused-ring (bicyclic) bond motifs is 1. The van der Waals surface area contributed by atoms with Gasteiger partial charge in [0.1, 0.15) is 17.7 Å². The van der Waals surface area contributed by atoms with E-state index in [-0.39, 0.29) is 5.69 Å². The second-order valence-corrected chi connectivity index (χ2v) is 6.68. The molecule has 0 spiro atoms. The van der Waals surface area contributed by atoms with Crippen LogP contribution in [0.1, 0.15) is 38.4 Å². The average Bonchev–Trinajstić information content (AvgIpc) is 2.91. The first kappa shape index (κ1) is 19.2. The van der Waals surface area contributed by atoms with E-state index in [9.17, 15) is 9.18 Å². The molecule has 0 saturated carbocycles. The molecule has 1 unspecified atom stereocenters. The highest BCUT2D eigenvalue weighted by molar-refractivity contribution is 5.94. The van der Waals surface area contributed by atoms with Gasteiger partial charge in [-0.25, -0.2) is 4.39 Å². The normalized spacial score (nSPS) is 14.9. The summed E-state index contributed by atoms with van der Waals surface area (Å²) in [5, 5.41) is 11.2. The fourth-order valence-electron chi connectivity index (χ4n) is 3.10. The standard InChI is InChI=1S/C20H25FN4O2/c1-3-4-12-27-14(2)20(26)22-17-13-15(9-10-16(17)21)19-24-23-18-8-6-5-7-11-25(18)19/h3,9-10,13-14H,1,4-8,11-12H2,2H3,(H,22,26). The summed E-state index contributed by atoms with van der Waals surface area (Å²) < 4.78 is 21.7. The highest BCUT2D eigenvalue weighted by Crippen LogP contribution is 2.26. The molecular formula is C20H25FN4O2. The lowest BCUT2D eigenvalue weighted by Gasteiger charge is -2.14. The number of nitrogens with one attached hydrogen (secondary N) is 1. The predicted molar refractivity (Wildman–Crippen MR) is 102 cm³/mol. The van der Waals surface area contributed by atoms with E-state index in [4.69, 9.17) is 4.74 Å². The van der Waals surface area contributed by atoms with Gasteiger partial charge >= 0.3 is 0 Å². The average molecular weight is 372 g/mol. The van der Waals surface area contributed by atoms with Gasteiger partial charge in [-0.2, -0.15) is 0 Å². The highest BCUT2D eigenvalue weighted by atomic mass is 19.1. The van der Waals surface area contributed by atoms with Crippen molar-refractivity contribution in [2.24, 2.45) is 0 Å². The zero-order chi connectivity index (χ0) is 19.2. The molecule has 1 amide bonds. The summed E-state index contributed by atoms with van der Waals surface area (Å²) in [5.74, 6) is 0.774. The second kappa shape index (κ2) is 8.90. The smallest absolute Gasteiger partial charge is 0.253 e. The zero-order valence-electron chi connectivity index (χ0n) is 15.6. The van der Waals surface area contributed by atoms with Gasteiger partial charge in [-0.05, 0) is 44.4 Å². The molecule has 0 radical (unpaired) electrons. The Bertz CT molecular complexity index is 818. The second-order valence-electron chi connectivity index (χ2n) is 6.68. The number of benzene rings is 1. The van der Waals surface area contributed by atoms with Crippen LogP contribution in [-0.4, -0.2) is 33.4 Å². The number of amides is 1. The molecule has 1 atom stereocenters. The summed E-state index contributed by atoms with van der Waals surface area (Å²) in [5.41, 5.74) is 0.843. The number of anilines is 1. The lowest BCUT2D eigenvalue weighted by atomic mass is 10.1. The molecule has 0 aliphatic carbocycles. The van der Waals surface area contributed by atoms with Crippen LogP contribution in [0, 0.1) is 5.82 Å². The van der Waals surface area contributed by atoms with Gasteiger partial charge < -0.3 is 14.6 Å². The highest BCUT2D eigenvalue weighted by Gasteiger charge is 2.19. The molecule has 0 bridgehead atoms. The Morgan fingerprint density at radius 1 is 1.41 bits per heavy atom. The molecule has 1 aliphatic rings. The summed E-state index contributed by atoms with van der Waals surface area (Å²) >= 11 is 0. The van der Waals surface area contributed by atoms with Crippen molar-refractivity contribution in [3.05, 3.63) is 42.5 Å². The van der Waals surface area contributed by atoms with Crippen molar-refractivity contribution in [3.63, 3.8) is 0 Å². The van der Waals surface area contributed by atoms with Crippen LogP contribution in [0.5, 0.6) is 0 Å². The maximum atomic E-state index is 14.2. The summed E-state index contributed by atoms with van der Waals surface area (Å²) in [6.45, 7) is 6.49. The Morgan fingerprint density at radius 3 is 3.07 bits per heavy atom. The number of rotatable bonds is 7. The third-order valence-electron chi connectivity index (χ3n) is 4.65. The molecule has 2 aromatic rings. The predicted octanol–water partition coefficient (Wildman–Crippen LogP) is 3.73. The summed E-state index contributed by atoms with van der Waals surface area (Å²) in [4.78, 5) is 12.3. The van der Waals surface area contributed by atoms with E-state index in [0.717, 1.165) is 43.6 Å². The number of carbonyl (C=O) groups excluding carboxylic acids is 1. The number of hydrogen-bond acceptors (Lipinski definition) is 4. The van der Waals surface area contributed by atoms with Crippen LogP contribution in [-0.2, 0) is 22.5 Å². The van der Waals surface area contributed by atoms with Crippen molar-refractivity contribution >= 4 is 11.6 Å². The molecule has 3 rings (SSSR count). The molecular weight excluding hydrogens is 347 g/mol. The number of aryl methyl sites for hydroxylation is 1. The van der Waals surface area contributed by atoms with E-state index >= 15 is 0 Å². The van der Waals surface area contributed by atoms with Crippen molar-refractivity contribution in [3.8, 4) is 11.4 Å². The van der Waals surface area contributed by atoms with E-state index in [1.807, 2.05) is 0 Å². The number of nitrogens with zero attached hydrogens (tertiary/aromatic N) is 3. The summed E-state index contributed by atoms with van der Waals surface area (Å²) in [6.07, 6.45) is 5.93. The minimum Gasteiger partial charge on any atom is -0.368 e. The number of aromatic nitrogens is 3. The van der Waals surface area contributed by atoms with E-state index in [1.54, 1.807) is 25.1 Å². The molecule has 0 saturated heterocycles. The van der Waals surface area contributed by atoms with Gasteiger partial charge in [-0.1, -0.05) is 12.5 Å². The Kier molecular flexibility index (Phi) is 6.34. The fraction of sp³-hybridized carbons (Fsp3) is 0.450. The monoisotopic (exact) mass is 372 g/mol. The Morgan fingerprint density at radius 2 is 2.26 bits per heavy atom. The molecule has 6 nitrogen and oxygen atoms in total. The topological polar surface area (TPSA) is 69.0 Å².